The van der Waals surface area contributed by atoms with Crippen molar-refractivity contribution in [3.8, 4) is 11.3 Å². The van der Waals surface area contributed by atoms with Crippen molar-refractivity contribution >= 4 is 40.3 Å². The highest BCUT2D eigenvalue weighted by molar-refractivity contribution is 7.99. The van der Waals surface area contributed by atoms with E-state index in [4.69, 9.17) is 27.1 Å². The van der Waals surface area contributed by atoms with Crippen LogP contribution in [0.1, 0.15) is 19.8 Å². The molecule has 5 heterocycles. The van der Waals surface area contributed by atoms with Crippen LogP contribution in [0.15, 0.2) is 59.2 Å². The van der Waals surface area contributed by atoms with Crippen molar-refractivity contribution in [1.29, 1.82) is 0 Å². The lowest BCUT2D eigenvalue weighted by atomic mass is 9.73. The van der Waals surface area contributed by atoms with Crippen LogP contribution in [-0.2, 0) is 4.74 Å². The number of benzene rings is 1. The topological polar surface area (TPSA) is 116 Å². The molecule has 0 unspecified atom stereocenters. The maximum Gasteiger partial charge on any atom is 0.194 e. The molecule has 6 rings (SSSR count). The van der Waals surface area contributed by atoms with Gasteiger partial charge in [0.2, 0.25) is 0 Å². The lowest BCUT2D eigenvalue weighted by molar-refractivity contribution is 0.0974. The van der Waals surface area contributed by atoms with Crippen molar-refractivity contribution in [3.63, 3.8) is 0 Å². The number of piperidine rings is 1. The summed E-state index contributed by atoms with van der Waals surface area (Å²) in [6.07, 6.45) is 10.6. The summed E-state index contributed by atoms with van der Waals surface area (Å²) in [7, 11) is 0. The van der Waals surface area contributed by atoms with Gasteiger partial charge in [-0.05, 0) is 37.6 Å². The molecule has 36 heavy (non-hydrogen) atoms. The average molecular weight is 521 g/mol. The van der Waals surface area contributed by atoms with E-state index in [1.807, 2.05) is 18.2 Å². The minimum Gasteiger partial charge on any atom is -0.376 e. The van der Waals surface area contributed by atoms with Gasteiger partial charge in [-0.1, -0.05) is 23.7 Å². The third kappa shape index (κ3) is 4.28. The Morgan fingerprint density at radius 2 is 1.94 bits per heavy atom. The monoisotopic (exact) mass is 520 g/mol. The van der Waals surface area contributed by atoms with E-state index in [1.165, 1.54) is 11.8 Å². The van der Waals surface area contributed by atoms with E-state index in [0.29, 0.717) is 27.0 Å². The minimum absolute atomic E-state index is 0.0705. The molecule has 2 aliphatic heterocycles. The molecule has 0 saturated carbocycles. The second-order valence-electron chi connectivity index (χ2n) is 9.29. The van der Waals surface area contributed by atoms with Crippen molar-refractivity contribution in [2.24, 2.45) is 11.1 Å². The first-order chi connectivity index (χ1) is 17.5. The van der Waals surface area contributed by atoms with Crippen LogP contribution in [0.25, 0.3) is 22.4 Å². The second kappa shape index (κ2) is 9.51. The molecule has 184 valence electrons. The molecule has 4 aromatic rings. The highest BCUT2D eigenvalue weighted by Gasteiger charge is 2.47. The Bertz CT molecular complexity index is 1400. The van der Waals surface area contributed by atoms with Crippen LogP contribution in [0, 0.1) is 5.41 Å². The van der Waals surface area contributed by atoms with Gasteiger partial charge in [0.1, 0.15) is 11.3 Å². The number of ether oxygens (including phenoxy) is 1. The normalized spacial score (nSPS) is 21.4. The Labute approximate surface area is 217 Å². The fraction of sp³-hybridized carbons (Fsp3) is 0.360. The number of nitrogens with zero attached hydrogens (tertiary/aromatic N) is 7. The summed E-state index contributed by atoms with van der Waals surface area (Å²) in [5.41, 5.74) is 9.25. The lowest BCUT2D eigenvalue weighted by Gasteiger charge is -2.41. The fourth-order valence-corrected chi connectivity index (χ4v) is 6.09. The van der Waals surface area contributed by atoms with E-state index in [1.54, 1.807) is 31.0 Å². The van der Waals surface area contributed by atoms with E-state index in [0.717, 1.165) is 48.8 Å². The molecule has 0 radical (unpaired) electrons. The van der Waals surface area contributed by atoms with E-state index in [2.05, 4.69) is 36.7 Å². The van der Waals surface area contributed by atoms with E-state index < -0.39 is 0 Å². The van der Waals surface area contributed by atoms with Gasteiger partial charge in [0.25, 0.3) is 0 Å². The Kier molecular flexibility index (Phi) is 6.20. The van der Waals surface area contributed by atoms with E-state index in [9.17, 15) is 0 Å². The molecule has 0 bridgehead atoms. The van der Waals surface area contributed by atoms with Crippen LogP contribution in [0.2, 0.25) is 5.02 Å². The summed E-state index contributed by atoms with van der Waals surface area (Å²) in [5, 5.41) is 1.13. The summed E-state index contributed by atoms with van der Waals surface area (Å²) in [5.74, 6) is 0.835. The molecular formula is C25H25ClN8OS. The number of rotatable bonds is 4. The average Bonchev–Trinajstić information content (AvgIpc) is 3.19. The maximum absolute atomic E-state index is 6.69. The number of halogens is 1. The summed E-state index contributed by atoms with van der Waals surface area (Å²) < 4.78 is 5.84. The van der Waals surface area contributed by atoms with Crippen LogP contribution in [0.3, 0.4) is 0 Å². The zero-order valence-corrected chi connectivity index (χ0v) is 21.3. The Balaban J connectivity index is 1.19. The predicted octanol–water partition coefficient (Wildman–Crippen LogP) is 4.01. The van der Waals surface area contributed by atoms with E-state index >= 15 is 0 Å². The van der Waals surface area contributed by atoms with Crippen molar-refractivity contribution in [2.45, 2.75) is 42.0 Å². The number of nitrogens with two attached hydrogens (primary N) is 1. The molecule has 3 aromatic heterocycles. The number of aromatic nitrogens is 6. The smallest absolute Gasteiger partial charge is 0.194 e. The first-order valence-electron chi connectivity index (χ1n) is 11.9. The Hall–Kier alpha value is -2.92. The Morgan fingerprint density at radius 3 is 2.69 bits per heavy atom. The van der Waals surface area contributed by atoms with Gasteiger partial charge in [0, 0.05) is 47.4 Å². The first kappa shape index (κ1) is 23.5. The van der Waals surface area contributed by atoms with Gasteiger partial charge in [-0.3, -0.25) is 9.97 Å². The summed E-state index contributed by atoms with van der Waals surface area (Å²) >= 11 is 8.06. The molecule has 2 N–H and O–H groups in total. The molecule has 2 saturated heterocycles. The van der Waals surface area contributed by atoms with Crippen LogP contribution in [0.5, 0.6) is 0 Å². The van der Waals surface area contributed by atoms with Crippen LogP contribution in [-0.4, -0.2) is 61.7 Å². The zero-order valence-electron chi connectivity index (χ0n) is 19.7. The highest BCUT2D eigenvalue weighted by Crippen LogP contribution is 2.42. The van der Waals surface area contributed by atoms with Crippen molar-refractivity contribution < 1.29 is 4.74 Å². The largest absolute Gasteiger partial charge is 0.376 e. The van der Waals surface area contributed by atoms with Gasteiger partial charge < -0.3 is 15.4 Å². The second-order valence-corrected chi connectivity index (χ2v) is 10.7. The molecule has 2 atom stereocenters. The van der Waals surface area contributed by atoms with Gasteiger partial charge in [0.05, 0.1) is 42.0 Å². The predicted molar refractivity (Wildman–Crippen MR) is 139 cm³/mol. The summed E-state index contributed by atoms with van der Waals surface area (Å²) in [6.45, 7) is 4.56. The van der Waals surface area contributed by atoms with E-state index in [-0.39, 0.29) is 17.6 Å². The van der Waals surface area contributed by atoms with Gasteiger partial charge in [-0.2, -0.15) is 0 Å². The number of anilines is 1. The zero-order chi connectivity index (χ0) is 24.7. The van der Waals surface area contributed by atoms with Gasteiger partial charge >= 0.3 is 0 Å². The summed E-state index contributed by atoms with van der Waals surface area (Å²) in [4.78, 5) is 30.1. The quantitative estimate of drug-likeness (QED) is 0.395. The molecule has 2 fully saturated rings. The van der Waals surface area contributed by atoms with Crippen LogP contribution < -0.4 is 10.6 Å². The van der Waals surface area contributed by atoms with Crippen molar-refractivity contribution in [2.75, 3.05) is 24.6 Å². The maximum atomic E-state index is 6.69. The van der Waals surface area contributed by atoms with Gasteiger partial charge in [0.15, 0.2) is 10.8 Å². The third-order valence-electron chi connectivity index (χ3n) is 7.20. The van der Waals surface area contributed by atoms with Crippen LogP contribution >= 0.6 is 23.4 Å². The van der Waals surface area contributed by atoms with Gasteiger partial charge in [-0.25, -0.2) is 19.9 Å². The third-order valence-corrected chi connectivity index (χ3v) is 8.66. The SMILES string of the molecule is C[C@@H]1OCC2(CCN(c3cnc4nc(Sc5cccc(-c6cnccn6)c5Cl)ncc4n3)CC2)[C@@H]1N. The minimum atomic E-state index is 0.0705. The van der Waals surface area contributed by atoms with Crippen molar-refractivity contribution in [1.82, 2.24) is 29.9 Å². The number of fused-ring (bicyclic) bond motifs is 1. The molecule has 0 amide bonds. The molecule has 0 aliphatic carbocycles. The number of hydrogen-bond donors (Lipinski definition) is 1. The van der Waals surface area contributed by atoms with Crippen molar-refractivity contribution in [3.05, 3.63) is 54.2 Å². The molecule has 2 aliphatic rings. The summed E-state index contributed by atoms with van der Waals surface area (Å²) in [6, 6.07) is 5.86. The molecular weight excluding hydrogens is 496 g/mol. The first-order valence-corrected chi connectivity index (χ1v) is 13.1. The van der Waals surface area contributed by atoms with Gasteiger partial charge in [-0.15, -0.1) is 0 Å². The molecule has 11 heteroatoms. The number of hydrogen-bond acceptors (Lipinski definition) is 10. The highest BCUT2D eigenvalue weighted by atomic mass is 35.5. The fourth-order valence-electron chi connectivity index (χ4n) is 4.98. The lowest BCUT2D eigenvalue weighted by Crippen LogP contribution is -2.50. The molecule has 1 aromatic carbocycles. The molecule has 9 nitrogen and oxygen atoms in total. The standard InChI is InChI=1S/C25H25ClN8OS/c1-15-22(27)25(14-35-15)5-9-34(10-6-25)20-13-30-23-18(32-20)12-31-24(33-23)36-19-4-2-3-16(21(19)26)17-11-28-7-8-29-17/h2-4,7-8,11-13,15,22H,5-6,9-10,14,27H2,1H3/t15-,22+/m0/s1. The Morgan fingerprint density at radius 1 is 1.08 bits per heavy atom. The molecule has 1 spiro atoms. The van der Waals surface area contributed by atoms with Crippen LogP contribution in [0.4, 0.5) is 5.82 Å².